The van der Waals surface area contributed by atoms with Crippen molar-refractivity contribution in [2.45, 2.75) is 40.5 Å². The lowest BCUT2D eigenvalue weighted by molar-refractivity contribution is 0.944. The molecule has 0 rings (SSSR count). The van der Waals surface area contributed by atoms with E-state index in [-0.39, 0.29) is 0 Å². The highest BCUT2D eigenvalue weighted by Crippen LogP contribution is 2.13. The van der Waals surface area contributed by atoms with Gasteiger partial charge in [-0.3, -0.25) is 0 Å². The highest BCUT2D eigenvalue weighted by Gasteiger charge is 1.93. The van der Waals surface area contributed by atoms with E-state index in [0.717, 1.165) is 18.4 Å². The van der Waals surface area contributed by atoms with Gasteiger partial charge >= 0.3 is 0 Å². The fraction of sp³-hybridized carbons (Fsp3) is 0.429. The Balaban J connectivity index is 4.01. The predicted octanol–water partition coefficient (Wildman–Crippen LogP) is 4.81. The maximum atomic E-state index is 4.02. The van der Waals surface area contributed by atoms with Crippen molar-refractivity contribution in [2.75, 3.05) is 0 Å². The van der Waals surface area contributed by atoms with Gasteiger partial charge in [0.1, 0.15) is 0 Å². The third-order valence-corrected chi connectivity index (χ3v) is 1.83. The van der Waals surface area contributed by atoms with Crippen molar-refractivity contribution in [3.05, 3.63) is 47.6 Å². The molecule has 78 valence electrons. The normalized spacial score (nSPS) is 11.0. The Kier molecular flexibility index (Phi) is 5.94. The molecule has 0 aromatic carbocycles. The first-order chi connectivity index (χ1) is 6.41. The van der Waals surface area contributed by atoms with Gasteiger partial charge in [-0.25, -0.2) is 0 Å². The Morgan fingerprint density at radius 3 is 1.93 bits per heavy atom. The molecule has 0 heterocycles. The number of rotatable bonds is 5. The summed E-state index contributed by atoms with van der Waals surface area (Å²) in [6, 6.07) is 0. The van der Waals surface area contributed by atoms with Crippen LogP contribution in [0, 0.1) is 0 Å². The smallest absolute Gasteiger partial charge is 0.0247 e. The minimum Gasteiger partial charge on any atom is -0.0961 e. The summed E-state index contributed by atoms with van der Waals surface area (Å²) in [7, 11) is 0. The van der Waals surface area contributed by atoms with Gasteiger partial charge in [0.2, 0.25) is 0 Å². The van der Waals surface area contributed by atoms with Gasteiger partial charge in [0.15, 0.2) is 0 Å². The second kappa shape index (κ2) is 6.42. The van der Waals surface area contributed by atoms with Crippen LogP contribution in [0.2, 0.25) is 0 Å². The first-order valence-corrected chi connectivity index (χ1v) is 5.07. The van der Waals surface area contributed by atoms with Crippen molar-refractivity contribution in [3.8, 4) is 0 Å². The van der Waals surface area contributed by atoms with Crippen LogP contribution in [0.15, 0.2) is 47.6 Å². The molecule has 0 nitrogen and oxygen atoms in total. The molecule has 0 radical (unpaired) electrons. The van der Waals surface area contributed by atoms with E-state index in [1.54, 1.807) is 0 Å². The van der Waals surface area contributed by atoms with Crippen LogP contribution >= 0.6 is 0 Å². The fourth-order valence-electron chi connectivity index (χ4n) is 1.33. The number of allylic oxidation sites excluding steroid dienone is 6. The molecular formula is C14H22. The first kappa shape index (κ1) is 13.0. The summed E-state index contributed by atoms with van der Waals surface area (Å²) < 4.78 is 0. The molecule has 0 aliphatic carbocycles. The van der Waals surface area contributed by atoms with E-state index < -0.39 is 0 Å². The van der Waals surface area contributed by atoms with Crippen molar-refractivity contribution in [1.29, 1.82) is 0 Å². The van der Waals surface area contributed by atoms with E-state index in [2.05, 4.69) is 46.1 Å². The van der Waals surface area contributed by atoms with Gasteiger partial charge in [-0.15, -0.1) is 0 Å². The molecule has 0 amide bonds. The molecule has 0 N–H and O–H groups in total. The van der Waals surface area contributed by atoms with Crippen molar-refractivity contribution in [1.82, 2.24) is 0 Å². The average Bonchev–Trinajstić information content (AvgIpc) is 1.98. The highest BCUT2D eigenvalue weighted by atomic mass is 14.0. The van der Waals surface area contributed by atoms with Crippen molar-refractivity contribution < 1.29 is 0 Å². The standard InChI is InChI=1S/C14H22/c1-11(2)9-13(5)7-8-14(6)10-12(3)4/h9-10H,1,6-8H2,2-5H3/b13-9+. The average molecular weight is 190 g/mol. The minimum atomic E-state index is 1.04. The third-order valence-electron chi connectivity index (χ3n) is 1.83. The Bertz CT molecular complexity index is 270. The molecule has 0 atom stereocenters. The maximum absolute atomic E-state index is 4.02. The Hall–Kier alpha value is -1.04. The molecular weight excluding hydrogens is 168 g/mol. The van der Waals surface area contributed by atoms with Crippen LogP contribution < -0.4 is 0 Å². The Morgan fingerprint density at radius 1 is 0.929 bits per heavy atom. The molecule has 0 spiro atoms. The van der Waals surface area contributed by atoms with E-state index in [1.807, 2.05) is 6.92 Å². The second-order valence-corrected chi connectivity index (χ2v) is 4.22. The molecule has 0 heteroatoms. The molecule has 0 saturated heterocycles. The quantitative estimate of drug-likeness (QED) is 0.546. The monoisotopic (exact) mass is 190 g/mol. The summed E-state index contributed by atoms with van der Waals surface area (Å²) in [6.45, 7) is 16.2. The largest absolute Gasteiger partial charge is 0.0961 e. The summed E-state index contributed by atoms with van der Waals surface area (Å²) in [4.78, 5) is 0. The predicted molar refractivity (Wildman–Crippen MR) is 66.4 cm³/mol. The summed E-state index contributed by atoms with van der Waals surface area (Å²) in [5.74, 6) is 0. The van der Waals surface area contributed by atoms with Crippen molar-refractivity contribution in [3.63, 3.8) is 0 Å². The molecule has 0 fully saturated rings. The zero-order chi connectivity index (χ0) is 11.1. The van der Waals surface area contributed by atoms with E-state index in [4.69, 9.17) is 0 Å². The van der Waals surface area contributed by atoms with Gasteiger partial charge in [-0.2, -0.15) is 0 Å². The molecule has 0 saturated carbocycles. The van der Waals surface area contributed by atoms with Crippen LogP contribution in [0.25, 0.3) is 0 Å². The Morgan fingerprint density at radius 2 is 1.50 bits per heavy atom. The van der Waals surface area contributed by atoms with Gasteiger partial charge < -0.3 is 0 Å². The van der Waals surface area contributed by atoms with Crippen LogP contribution in [0.3, 0.4) is 0 Å². The van der Waals surface area contributed by atoms with Crippen molar-refractivity contribution >= 4 is 0 Å². The summed E-state index contributed by atoms with van der Waals surface area (Å²) in [6.07, 6.45) is 6.40. The van der Waals surface area contributed by atoms with E-state index in [1.165, 1.54) is 16.7 Å². The van der Waals surface area contributed by atoms with Gasteiger partial charge in [-0.1, -0.05) is 47.6 Å². The third kappa shape index (κ3) is 7.60. The summed E-state index contributed by atoms with van der Waals surface area (Å²) >= 11 is 0. The maximum Gasteiger partial charge on any atom is -0.0247 e. The number of hydrogen-bond acceptors (Lipinski definition) is 0. The lowest BCUT2D eigenvalue weighted by Crippen LogP contribution is -1.82. The first-order valence-electron chi connectivity index (χ1n) is 5.07. The van der Waals surface area contributed by atoms with Crippen LogP contribution in [-0.2, 0) is 0 Å². The number of hydrogen-bond donors (Lipinski definition) is 0. The van der Waals surface area contributed by atoms with E-state index in [0.29, 0.717) is 0 Å². The molecule has 0 aromatic heterocycles. The molecule has 0 aromatic rings. The van der Waals surface area contributed by atoms with Crippen molar-refractivity contribution in [2.24, 2.45) is 0 Å². The van der Waals surface area contributed by atoms with Crippen LogP contribution in [-0.4, -0.2) is 0 Å². The lowest BCUT2D eigenvalue weighted by Gasteiger charge is -2.02. The SMILES string of the molecule is C=C(C)/C=C(\C)CCC(=C)C=C(C)C. The minimum absolute atomic E-state index is 1.04. The lowest BCUT2D eigenvalue weighted by atomic mass is 10.0. The zero-order valence-corrected chi connectivity index (χ0v) is 9.98. The van der Waals surface area contributed by atoms with Gasteiger partial charge in [0.05, 0.1) is 0 Å². The zero-order valence-electron chi connectivity index (χ0n) is 9.98. The summed E-state index contributed by atoms with van der Waals surface area (Å²) in [5, 5.41) is 0. The van der Waals surface area contributed by atoms with E-state index in [9.17, 15) is 0 Å². The van der Waals surface area contributed by atoms with Crippen LogP contribution in [0.5, 0.6) is 0 Å². The molecule has 0 aliphatic rings. The fourth-order valence-corrected chi connectivity index (χ4v) is 1.33. The van der Waals surface area contributed by atoms with Gasteiger partial charge in [-0.05, 0) is 40.5 Å². The van der Waals surface area contributed by atoms with Crippen LogP contribution in [0.1, 0.15) is 40.5 Å². The Labute approximate surface area is 88.7 Å². The van der Waals surface area contributed by atoms with Gasteiger partial charge in [0.25, 0.3) is 0 Å². The van der Waals surface area contributed by atoms with E-state index >= 15 is 0 Å². The molecule has 0 aliphatic heterocycles. The molecule has 0 unspecified atom stereocenters. The van der Waals surface area contributed by atoms with Gasteiger partial charge in [0, 0.05) is 0 Å². The molecule has 0 bridgehead atoms. The molecule has 14 heavy (non-hydrogen) atoms. The van der Waals surface area contributed by atoms with Crippen LogP contribution in [0.4, 0.5) is 0 Å². The topological polar surface area (TPSA) is 0 Å². The summed E-state index contributed by atoms with van der Waals surface area (Å²) in [5.41, 5.74) is 5.02. The second-order valence-electron chi connectivity index (χ2n) is 4.22. The highest BCUT2D eigenvalue weighted by molar-refractivity contribution is 5.22.